The van der Waals surface area contributed by atoms with Crippen LogP contribution in [0.15, 0.2) is 42.9 Å². The highest BCUT2D eigenvalue weighted by atomic mass is 16.2. The third kappa shape index (κ3) is 4.26. The lowest BCUT2D eigenvalue weighted by Crippen LogP contribution is -2.38. The van der Waals surface area contributed by atoms with Crippen LogP contribution in [0.1, 0.15) is 53.7 Å². The lowest BCUT2D eigenvalue weighted by Gasteiger charge is -2.36. The third-order valence-corrected chi connectivity index (χ3v) is 5.20. The molecule has 29 heavy (non-hydrogen) atoms. The molecule has 0 saturated heterocycles. The summed E-state index contributed by atoms with van der Waals surface area (Å²) in [4.78, 5) is 27.9. The van der Waals surface area contributed by atoms with Gasteiger partial charge in [-0.25, -0.2) is 15.0 Å². The Bertz CT molecular complexity index is 986. The quantitative estimate of drug-likeness (QED) is 0.694. The van der Waals surface area contributed by atoms with Gasteiger partial charge in [0.15, 0.2) is 0 Å². The highest BCUT2D eigenvalue weighted by molar-refractivity contribution is 5.90. The number of carbonyl (C=O) groups is 1. The molecular formula is C21H25N7O. The Morgan fingerprint density at radius 3 is 2.79 bits per heavy atom. The first-order chi connectivity index (χ1) is 13.9. The smallest absolute Gasteiger partial charge is 0.289 e. The van der Waals surface area contributed by atoms with Crippen molar-refractivity contribution in [1.82, 2.24) is 30.5 Å². The van der Waals surface area contributed by atoms with E-state index in [2.05, 4.69) is 51.5 Å². The summed E-state index contributed by atoms with van der Waals surface area (Å²) in [5, 5.41) is 9.41. The maximum absolute atomic E-state index is 12.5. The Balaban J connectivity index is 1.57. The van der Waals surface area contributed by atoms with Crippen molar-refractivity contribution in [3.8, 4) is 0 Å². The van der Waals surface area contributed by atoms with Crippen molar-refractivity contribution in [2.24, 2.45) is 5.41 Å². The molecule has 1 aromatic carbocycles. The van der Waals surface area contributed by atoms with Gasteiger partial charge >= 0.3 is 0 Å². The molecule has 0 aliphatic heterocycles. The fourth-order valence-corrected chi connectivity index (χ4v) is 3.82. The van der Waals surface area contributed by atoms with E-state index in [0.717, 1.165) is 30.6 Å². The maximum atomic E-state index is 12.5. The van der Waals surface area contributed by atoms with Crippen LogP contribution in [0.2, 0.25) is 0 Å². The third-order valence-electron chi connectivity index (χ3n) is 5.20. The van der Waals surface area contributed by atoms with Crippen LogP contribution in [0.25, 0.3) is 0 Å². The van der Waals surface area contributed by atoms with Crippen molar-refractivity contribution >= 4 is 11.9 Å². The summed E-state index contributed by atoms with van der Waals surface area (Å²) in [6, 6.07) is 10.1. The molecule has 1 aliphatic rings. The number of benzene rings is 1. The molecule has 1 aliphatic carbocycles. The molecular weight excluding hydrogens is 366 g/mol. The summed E-state index contributed by atoms with van der Waals surface area (Å²) in [7, 11) is 1.99. The Labute approximate surface area is 169 Å². The van der Waals surface area contributed by atoms with Crippen molar-refractivity contribution in [1.29, 1.82) is 0 Å². The van der Waals surface area contributed by atoms with Gasteiger partial charge in [-0.15, -0.1) is 0 Å². The summed E-state index contributed by atoms with van der Waals surface area (Å²) >= 11 is 0. The number of nitrogens with one attached hydrogen (secondary N) is 2. The first kappa shape index (κ1) is 19.0. The molecule has 1 atom stereocenters. The average Bonchev–Trinajstić information content (AvgIpc) is 3.22. The number of H-pyrrole nitrogens is 1. The maximum Gasteiger partial charge on any atom is 0.289 e. The first-order valence-electron chi connectivity index (χ1n) is 9.68. The van der Waals surface area contributed by atoms with Gasteiger partial charge in [0, 0.05) is 25.4 Å². The highest BCUT2D eigenvalue weighted by Gasteiger charge is 2.35. The Morgan fingerprint density at radius 1 is 1.28 bits per heavy atom. The van der Waals surface area contributed by atoms with Gasteiger partial charge in [-0.2, -0.15) is 5.10 Å². The van der Waals surface area contributed by atoms with E-state index in [-0.39, 0.29) is 23.2 Å². The lowest BCUT2D eigenvalue weighted by atomic mass is 9.74. The summed E-state index contributed by atoms with van der Waals surface area (Å²) in [5.74, 6) is 0.613. The largest absolute Gasteiger partial charge is 0.342 e. The van der Waals surface area contributed by atoms with Crippen molar-refractivity contribution < 1.29 is 4.79 Å². The van der Waals surface area contributed by atoms with E-state index in [4.69, 9.17) is 4.98 Å². The molecule has 3 aromatic rings. The molecule has 8 nitrogen and oxygen atoms in total. The van der Waals surface area contributed by atoms with E-state index in [1.54, 1.807) is 0 Å². The average molecular weight is 391 g/mol. The zero-order valence-electron chi connectivity index (χ0n) is 16.9. The fourth-order valence-electron chi connectivity index (χ4n) is 3.82. The van der Waals surface area contributed by atoms with Gasteiger partial charge in [0.1, 0.15) is 6.33 Å². The fraction of sp³-hybridized carbons (Fsp3) is 0.381. The number of amides is 1. The molecule has 150 valence electrons. The van der Waals surface area contributed by atoms with Crippen LogP contribution < -0.4 is 10.2 Å². The van der Waals surface area contributed by atoms with Gasteiger partial charge in [0.05, 0.1) is 11.7 Å². The van der Waals surface area contributed by atoms with Gasteiger partial charge in [0.2, 0.25) is 11.8 Å². The van der Waals surface area contributed by atoms with E-state index in [9.17, 15) is 4.79 Å². The van der Waals surface area contributed by atoms with E-state index in [0.29, 0.717) is 5.95 Å². The zero-order chi connectivity index (χ0) is 20.4. The topological polar surface area (TPSA) is 99.7 Å². The Morgan fingerprint density at radius 2 is 2.07 bits per heavy atom. The first-order valence-corrected chi connectivity index (χ1v) is 9.68. The molecule has 0 saturated carbocycles. The van der Waals surface area contributed by atoms with Crippen LogP contribution in [-0.4, -0.2) is 38.1 Å². The molecule has 8 heteroatoms. The monoisotopic (exact) mass is 391 g/mol. The predicted molar refractivity (Wildman–Crippen MR) is 109 cm³/mol. The Hall–Kier alpha value is -3.29. The molecule has 1 amide bonds. The van der Waals surface area contributed by atoms with Crippen LogP contribution >= 0.6 is 0 Å². The molecule has 0 spiro atoms. The number of fused-ring (bicyclic) bond motifs is 1. The van der Waals surface area contributed by atoms with Crippen LogP contribution in [0, 0.1) is 5.41 Å². The predicted octanol–water partition coefficient (Wildman–Crippen LogP) is 2.67. The molecule has 0 fully saturated rings. The van der Waals surface area contributed by atoms with Gasteiger partial charge in [-0.05, 0) is 23.8 Å². The number of carbonyl (C=O) groups excluding carboxylic acids is 1. The molecule has 4 rings (SSSR count). The van der Waals surface area contributed by atoms with Crippen LogP contribution in [0.3, 0.4) is 0 Å². The normalized spacial score (nSPS) is 17.4. The van der Waals surface area contributed by atoms with E-state index < -0.39 is 0 Å². The molecule has 2 aromatic heterocycles. The number of aromatic amines is 1. The van der Waals surface area contributed by atoms with Crippen LogP contribution in [0.5, 0.6) is 0 Å². The van der Waals surface area contributed by atoms with Gasteiger partial charge in [0.25, 0.3) is 5.91 Å². The second kappa shape index (κ2) is 7.62. The van der Waals surface area contributed by atoms with Crippen molar-refractivity contribution in [3.63, 3.8) is 0 Å². The molecule has 2 heterocycles. The van der Waals surface area contributed by atoms with Gasteiger partial charge in [-0.1, -0.05) is 44.2 Å². The molecule has 1 unspecified atom stereocenters. The number of aromatic nitrogens is 5. The second-order valence-corrected chi connectivity index (χ2v) is 8.32. The van der Waals surface area contributed by atoms with E-state index in [1.807, 2.05) is 36.3 Å². The van der Waals surface area contributed by atoms with Crippen molar-refractivity contribution in [2.75, 3.05) is 11.9 Å². The molecule has 2 N–H and O–H groups in total. The zero-order valence-corrected chi connectivity index (χ0v) is 16.9. The summed E-state index contributed by atoms with van der Waals surface area (Å²) in [5.41, 5.74) is 3.16. The second-order valence-electron chi connectivity index (χ2n) is 8.32. The van der Waals surface area contributed by atoms with Crippen LogP contribution in [0.4, 0.5) is 5.95 Å². The Kier molecular flexibility index (Phi) is 5.00. The minimum atomic E-state index is -0.276. The highest BCUT2D eigenvalue weighted by Crippen LogP contribution is 2.40. The molecule has 0 radical (unpaired) electrons. The van der Waals surface area contributed by atoms with Gasteiger partial charge in [-0.3, -0.25) is 9.89 Å². The number of nitrogens with zero attached hydrogens (tertiary/aromatic N) is 5. The number of hydrogen-bond acceptors (Lipinski definition) is 6. The number of anilines is 1. The standard InChI is InChI=1S/C21H25N7O/c1-21(2)9-16(25-19(29)18-23-13-24-27-18)15-11-22-20(26-17(15)10-21)28(3)12-14-7-5-4-6-8-14/h4-8,11,13,16H,9-10,12H2,1-3H3,(H,25,29)(H,23,24,27). The molecule has 0 bridgehead atoms. The SMILES string of the molecule is CN(Cc1ccccc1)c1ncc2c(n1)CC(C)(C)CC2NC(=O)c1ncn[nH]1. The minimum absolute atomic E-state index is 0.00991. The number of rotatable bonds is 5. The van der Waals surface area contributed by atoms with Crippen molar-refractivity contribution in [3.05, 3.63) is 65.5 Å². The summed E-state index contributed by atoms with van der Waals surface area (Å²) < 4.78 is 0. The van der Waals surface area contributed by atoms with E-state index in [1.165, 1.54) is 11.9 Å². The minimum Gasteiger partial charge on any atom is -0.342 e. The summed E-state index contributed by atoms with van der Waals surface area (Å²) in [6.07, 6.45) is 4.82. The van der Waals surface area contributed by atoms with Crippen molar-refractivity contribution in [2.45, 2.75) is 39.3 Å². The van der Waals surface area contributed by atoms with E-state index >= 15 is 0 Å². The number of hydrogen-bond donors (Lipinski definition) is 2. The lowest BCUT2D eigenvalue weighted by molar-refractivity contribution is 0.0908. The van der Waals surface area contributed by atoms with Crippen LogP contribution in [-0.2, 0) is 13.0 Å². The summed E-state index contributed by atoms with van der Waals surface area (Å²) in [6.45, 7) is 5.12. The van der Waals surface area contributed by atoms with Gasteiger partial charge < -0.3 is 10.2 Å².